The minimum atomic E-state index is -0.120. The summed E-state index contributed by atoms with van der Waals surface area (Å²) in [4.78, 5) is 14.0. The lowest BCUT2D eigenvalue weighted by Crippen LogP contribution is -2.53. The number of nitrogens with two attached hydrogens (primary N) is 1. The predicted octanol–water partition coefficient (Wildman–Crippen LogP) is 1.80. The van der Waals surface area contributed by atoms with Gasteiger partial charge in [-0.05, 0) is 45.1 Å². The molecule has 1 fully saturated rings. The molecule has 2 unspecified atom stereocenters. The summed E-state index contributed by atoms with van der Waals surface area (Å²) in [5.41, 5.74) is 5.60. The standard InChI is InChI=1S/C13H27N3O/c1-5-13(3,4)15-12(17)16-7-6-11(8-14)10(2)9-16/h10-11H,5-9,14H2,1-4H3,(H,15,17). The molecular weight excluding hydrogens is 214 g/mol. The average molecular weight is 241 g/mol. The lowest BCUT2D eigenvalue weighted by Gasteiger charge is -2.38. The lowest BCUT2D eigenvalue weighted by molar-refractivity contribution is 0.134. The lowest BCUT2D eigenvalue weighted by atomic mass is 9.87. The normalized spacial score (nSPS) is 25.8. The number of urea groups is 1. The van der Waals surface area contributed by atoms with E-state index in [2.05, 4.69) is 33.0 Å². The number of hydrogen-bond acceptors (Lipinski definition) is 2. The summed E-state index contributed by atoms with van der Waals surface area (Å²) in [6.45, 7) is 10.8. The maximum Gasteiger partial charge on any atom is 0.317 e. The summed E-state index contributed by atoms with van der Waals surface area (Å²) in [7, 11) is 0. The molecule has 1 heterocycles. The molecule has 0 aromatic rings. The van der Waals surface area contributed by atoms with Gasteiger partial charge in [0.05, 0.1) is 0 Å². The van der Waals surface area contributed by atoms with Crippen LogP contribution < -0.4 is 11.1 Å². The van der Waals surface area contributed by atoms with Gasteiger partial charge in [-0.3, -0.25) is 0 Å². The Kier molecular flexibility index (Phi) is 4.80. The van der Waals surface area contributed by atoms with Gasteiger partial charge in [-0.1, -0.05) is 13.8 Å². The van der Waals surface area contributed by atoms with Gasteiger partial charge < -0.3 is 16.0 Å². The average Bonchev–Trinajstić information content (AvgIpc) is 2.28. The van der Waals surface area contributed by atoms with E-state index in [4.69, 9.17) is 5.73 Å². The highest BCUT2D eigenvalue weighted by atomic mass is 16.2. The predicted molar refractivity (Wildman–Crippen MR) is 70.8 cm³/mol. The largest absolute Gasteiger partial charge is 0.333 e. The maximum atomic E-state index is 12.1. The van der Waals surface area contributed by atoms with Crippen LogP contribution in [0.2, 0.25) is 0 Å². The number of nitrogens with zero attached hydrogens (tertiary/aromatic N) is 1. The highest BCUT2D eigenvalue weighted by Crippen LogP contribution is 2.22. The molecule has 2 atom stereocenters. The van der Waals surface area contributed by atoms with E-state index in [-0.39, 0.29) is 11.6 Å². The Morgan fingerprint density at radius 1 is 1.53 bits per heavy atom. The molecule has 4 heteroatoms. The van der Waals surface area contributed by atoms with Crippen molar-refractivity contribution in [3.63, 3.8) is 0 Å². The third kappa shape index (κ3) is 3.87. The number of nitrogens with one attached hydrogen (secondary N) is 1. The van der Waals surface area contributed by atoms with Crippen LogP contribution >= 0.6 is 0 Å². The molecule has 0 radical (unpaired) electrons. The van der Waals surface area contributed by atoms with Gasteiger partial charge in [0.1, 0.15) is 0 Å². The van der Waals surface area contributed by atoms with Crippen molar-refractivity contribution in [1.29, 1.82) is 0 Å². The zero-order valence-corrected chi connectivity index (χ0v) is 11.6. The molecule has 17 heavy (non-hydrogen) atoms. The van der Waals surface area contributed by atoms with Crippen molar-refractivity contribution >= 4 is 6.03 Å². The summed E-state index contributed by atoms with van der Waals surface area (Å²) in [6, 6.07) is 0.0687. The van der Waals surface area contributed by atoms with Gasteiger partial charge in [0.25, 0.3) is 0 Å². The van der Waals surface area contributed by atoms with Crippen molar-refractivity contribution in [2.45, 2.75) is 46.1 Å². The van der Waals surface area contributed by atoms with Crippen molar-refractivity contribution in [2.24, 2.45) is 17.6 Å². The van der Waals surface area contributed by atoms with Gasteiger partial charge in [-0.15, -0.1) is 0 Å². The fraction of sp³-hybridized carbons (Fsp3) is 0.923. The van der Waals surface area contributed by atoms with Crippen LogP contribution in [0.1, 0.15) is 40.5 Å². The van der Waals surface area contributed by atoms with Crippen LogP contribution in [0.5, 0.6) is 0 Å². The summed E-state index contributed by atoms with van der Waals surface area (Å²) in [5.74, 6) is 1.07. The molecule has 1 aliphatic rings. The third-order valence-corrected chi connectivity index (χ3v) is 4.00. The van der Waals surface area contributed by atoms with E-state index in [0.29, 0.717) is 11.8 Å². The van der Waals surface area contributed by atoms with Crippen LogP contribution in [0.15, 0.2) is 0 Å². The van der Waals surface area contributed by atoms with E-state index in [1.54, 1.807) is 0 Å². The smallest absolute Gasteiger partial charge is 0.317 e. The molecule has 100 valence electrons. The van der Waals surface area contributed by atoms with E-state index in [1.165, 1.54) is 0 Å². The van der Waals surface area contributed by atoms with Crippen LogP contribution in [0.25, 0.3) is 0 Å². The second-order valence-corrected chi connectivity index (χ2v) is 5.88. The van der Waals surface area contributed by atoms with Crippen molar-refractivity contribution < 1.29 is 4.79 Å². The van der Waals surface area contributed by atoms with Gasteiger partial charge in [-0.2, -0.15) is 0 Å². The Bertz CT molecular complexity index is 265. The number of piperidine rings is 1. The molecule has 3 N–H and O–H groups in total. The topological polar surface area (TPSA) is 58.4 Å². The van der Waals surface area contributed by atoms with Gasteiger partial charge in [0.2, 0.25) is 0 Å². The highest BCUT2D eigenvalue weighted by Gasteiger charge is 2.29. The Labute approximate surface area is 105 Å². The minimum absolute atomic E-state index is 0.0687. The van der Waals surface area contributed by atoms with Crippen molar-refractivity contribution in [3.8, 4) is 0 Å². The van der Waals surface area contributed by atoms with Gasteiger partial charge >= 0.3 is 6.03 Å². The van der Waals surface area contributed by atoms with Crippen LogP contribution in [0, 0.1) is 11.8 Å². The Balaban J connectivity index is 2.50. The molecule has 2 amide bonds. The Morgan fingerprint density at radius 3 is 2.65 bits per heavy atom. The second kappa shape index (κ2) is 5.71. The van der Waals surface area contributed by atoms with Crippen molar-refractivity contribution in [2.75, 3.05) is 19.6 Å². The fourth-order valence-electron chi connectivity index (χ4n) is 2.19. The van der Waals surface area contributed by atoms with E-state index >= 15 is 0 Å². The Morgan fingerprint density at radius 2 is 2.18 bits per heavy atom. The zero-order chi connectivity index (χ0) is 13.1. The molecule has 1 aliphatic heterocycles. The summed E-state index contributed by atoms with van der Waals surface area (Å²) < 4.78 is 0. The van der Waals surface area contributed by atoms with Gasteiger partial charge in [0.15, 0.2) is 0 Å². The van der Waals surface area contributed by atoms with Crippen LogP contribution in [0.4, 0.5) is 4.79 Å². The number of carbonyl (C=O) groups is 1. The molecule has 0 aromatic heterocycles. The van der Waals surface area contributed by atoms with Gasteiger partial charge in [0, 0.05) is 18.6 Å². The number of amides is 2. The summed E-state index contributed by atoms with van der Waals surface area (Å²) >= 11 is 0. The molecule has 4 nitrogen and oxygen atoms in total. The minimum Gasteiger partial charge on any atom is -0.333 e. The van der Waals surface area contributed by atoms with Crippen molar-refractivity contribution in [3.05, 3.63) is 0 Å². The molecule has 1 rings (SSSR count). The van der Waals surface area contributed by atoms with Crippen molar-refractivity contribution in [1.82, 2.24) is 10.2 Å². The summed E-state index contributed by atoms with van der Waals surface area (Å²) in [5, 5.41) is 3.08. The molecule has 0 aliphatic carbocycles. The molecule has 1 saturated heterocycles. The van der Waals surface area contributed by atoms with E-state index < -0.39 is 0 Å². The number of carbonyl (C=O) groups excluding carboxylic acids is 1. The van der Waals surface area contributed by atoms with Crippen LogP contribution in [0.3, 0.4) is 0 Å². The number of likely N-dealkylation sites (tertiary alicyclic amines) is 1. The number of hydrogen-bond donors (Lipinski definition) is 2. The zero-order valence-electron chi connectivity index (χ0n) is 11.6. The van der Waals surface area contributed by atoms with E-state index in [0.717, 1.165) is 32.5 Å². The first kappa shape index (κ1) is 14.3. The monoisotopic (exact) mass is 241 g/mol. The first-order valence-electron chi connectivity index (χ1n) is 6.66. The Hall–Kier alpha value is -0.770. The first-order valence-corrected chi connectivity index (χ1v) is 6.66. The molecular formula is C13H27N3O. The molecule has 0 saturated carbocycles. The fourth-order valence-corrected chi connectivity index (χ4v) is 2.19. The molecule has 0 bridgehead atoms. The second-order valence-electron chi connectivity index (χ2n) is 5.88. The molecule has 0 aromatic carbocycles. The number of rotatable bonds is 3. The quantitative estimate of drug-likeness (QED) is 0.791. The highest BCUT2D eigenvalue weighted by molar-refractivity contribution is 5.75. The summed E-state index contributed by atoms with van der Waals surface area (Å²) in [6.07, 6.45) is 1.96. The first-order chi connectivity index (χ1) is 7.89. The van der Waals surface area contributed by atoms with E-state index in [1.807, 2.05) is 4.90 Å². The van der Waals surface area contributed by atoms with Crippen LogP contribution in [-0.4, -0.2) is 36.1 Å². The maximum absolute atomic E-state index is 12.1. The third-order valence-electron chi connectivity index (χ3n) is 4.00. The van der Waals surface area contributed by atoms with Crippen LogP contribution in [-0.2, 0) is 0 Å². The van der Waals surface area contributed by atoms with Gasteiger partial charge in [-0.25, -0.2) is 4.79 Å². The SMILES string of the molecule is CCC(C)(C)NC(=O)N1CCC(CN)C(C)C1. The molecule has 0 spiro atoms. The van der Waals surface area contributed by atoms with E-state index in [9.17, 15) is 4.79 Å².